The summed E-state index contributed by atoms with van der Waals surface area (Å²) < 4.78 is 0. The first-order chi connectivity index (χ1) is 5.24. The van der Waals surface area contributed by atoms with Crippen LogP contribution in [0.5, 0.6) is 0 Å². The molecule has 2 N–H and O–H groups in total. The van der Waals surface area contributed by atoms with E-state index in [4.69, 9.17) is 5.11 Å². The molecule has 0 aromatic heterocycles. The zero-order valence-electron chi connectivity index (χ0n) is 6.54. The number of hydrogen-bond acceptors (Lipinski definition) is 3. The lowest BCUT2D eigenvalue weighted by molar-refractivity contribution is -0.121. The number of hydrogen-bond donors (Lipinski definition) is 2. The number of aliphatic hydroxyl groups is 1. The van der Waals surface area contributed by atoms with Crippen LogP contribution in [0.1, 0.15) is 12.8 Å². The third-order valence-corrected chi connectivity index (χ3v) is 2.41. The average molecular weight is 175 g/mol. The molecule has 1 amide bonds. The smallest absolute Gasteiger partial charge is 0.230 e. The maximum absolute atomic E-state index is 10.9. The van der Waals surface area contributed by atoms with E-state index in [1.165, 1.54) is 11.8 Å². The van der Waals surface area contributed by atoms with Gasteiger partial charge in [0.1, 0.15) is 0 Å². The Kier molecular flexibility index (Phi) is 3.20. The molecular weight excluding hydrogens is 162 g/mol. The van der Waals surface area contributed by atoms with Gasteiger partial charge in [0.05, 0.1) is 17.9 Å². The third kappa shape index (κ3) is 2.38. The number of amides is 1. The Labute approximate surface area is 70.6 Å². The summed E-state index contributed by atoms with van der Waals surface area (Å²) in [4.78, 5) is 10.9. The normalized spacial score (nSPS) is 29.3. The molecule has 11 heavy (non-hydrogen) atoms. The van der Waals surface area contributed by atoms with E-state index in [2.05, 4.69) is 5.32 Å². The molecule has 0 spiro atoms. The molecule has 1 fully saturated rings. The highest BCUT2D eigenvalue weighted by Gasteiger charge is 2.29. The Balaban J connectivity index is 2.14. The molecule has 1 aliphatic rings. The fraction of sp³-hybridized carbons (Fsp3) is 0.857. The molecule has 1 saturated carbocycles. The second kappa shape index (κ2) is 3.97. The van der Waals surface area contributed by atoms with Crippen LogP contribution in [0.15, 0.2) is 0 Å². The highest BCUT2D eigenvalue weighted by molar-refractivity contribution is 7.99. The van der Waals surface area contributed by atoms with Crippen LogP contribution in [0.2, 0.25) is 0 Å². The molecule has 0 bridgehead atoms. The summed E-state index contributed by atoms with van der Waals surface area (Å²) in [7, 11) is 0. The Morgan fingerprint density at radius 1 is 1.73 bits per heavy atom. The number of aliphatic hydroxyl groups excluding tert-OH is 1. The van der Waals surface area contributed by atoms with Crippen molar-refractivity contribution in [2.45, 2.75) is 25.0 Å². The second-order valence-corrected chi connectivity index (χ2v) is 3.62. The van der Waals surface area contributed by atoms with Gasteiger partial charge >= 0.3 is 0 Å². The zero-order chi connectivity index (χ0) is 8.27. The molecule has 0 saturated heterocycles. The van der Waals surface area contributed by atoms with Crippen LogP contribution in [0.25, 0.3) is 0 Å². The SMILES string of the molecule is CSCC(=O)N[C@@H]1CC[C@H]1O. The van der Waals surface area contributed by atoms with E-state index >= 15 is 0 Å². The monoisotopic (exact) mass is 175 g/mol. The summed E-state index contributed by atoms with van der Waals surface area (Å²) >= 11 is 1.49. The van der Waals surface area contributed by atoms with E-state index in [-0.39, 0.29) is 18.1 Å². The standard InChI is InChI=1S/C7H13NO2S/c1-11-4-7(10)8-5-2-3-6(5)9/h5-6,9H,2-4H2,1H3,(H,8,10)/t5-,6-/m1/s1. The van der Waals surface area contributed by atoms with Crippen LogP contribution < -0.4 is 5.32 Å². The molecule has 3 nitrogen and oxygen atoms in total. The Bertz CT molecular complexity index is 151. The van der Waals surface area contributed by atoms with Crippen molar-refractivity contribution in [1.82, 2.24) is 5.32 Å². The number of nitrogens with one attached hydrogen (secondary N) is 1. The van der Waals surface area contributed by atoms with Gasteiger partial charge in [-0.05, 0) is 19.1 Å². The highest BCUT2D eigenvalue weighted by Crippen LogP contribution is 2.19. The molecule has 4 heteroatoms. The van der Waals surface area contributed by atoms with E-state index in [1.807, 2.05) is 6.26 Å². The quantitative estimate of drug-likeness (QED) is 0.634. The van der Waals surface area contributed by atoms with E-state index in [0.717, 1.165) is 12.8 Å². The van der Waals surface area contributed by atoms with Crippen LogP contribution in [-0.4, -0.2) is 35.2 Å². The van der Waals surface area contributed by atoms with Gasteiger partial charge in [-0.25, -0.2) is 0 Å². The average Bonchev–Trinajstić information content (AvgIpc) is 1.98. The topological polar surface area (TPSA) is 49.3 Å². The van der Waals surface area contributed by atoms with Crippen molar-refractivity contribution in [3.8, 4) is 0 Å². The van der Waals surface area contributed by atoms with Crippen LogP contribution in [-0.2, 0) is 4.79 Å². The van der Waals surface area contributed by atoms with Crippen molar-refractivity contribution < 1.29 is 9.90 Å². The van der Waals surface area contributed by atoms with Gasteiger partial charge in [-0.1, -0.05) is 0 Å². The Morgan fingerprint density at radius 3 is 2.82 bits per heavy atom. The van der Waals surface area contributed by atoms with Gasteiger partial charge < -0.3 is 10.4 Å². The van der Waals surface area contributed by atoms with Gasteiger partial charge in [0, 0.05) is 0 Å². The summed E-state index contributed by atoms with van der Waals surface area (Å²) in [6, 6.07) is 0.0228. The van der Waals surface area contributed by atoms with Crippen LogP contribution in [0, 0.1) is 0 Å². The predicted octanol–water partition coefficient (Wildman–Crippen LogP) is -0.0111. The molecule has 64 valence electrons. The molecule has 0 radical (unpaired) electrons. The molecule has 0 aromatic rings. The van der Waals surface area contributed by atoms with Crippen molar-refractivity contribution in [2.24, 2.45) is 0 Å². The van der Waals surface area contributed by atoms with Gasteiger partial charge in [-0.3, -0.25) is 4.79 Å². The van der Waals surface area contributed by atoms with E-state index in [1.54, 1.807) is 0 Å². The van der Waals surface area contributed by atoms with E-state index < -0.39 is 0 Å². The first-order valence-corrected chi connectivity index (χ1v) is 5.10. The van der Waals surface area contributed by atoms with Crippen LogP contribution in [0.3, 0.4) is 0 Å². The van der Waals surface area contributed by atoms with Gasteiger partial charge in [0.25, 0.3) is 0 Å². The lowest BCUT2D eigenvalue weighted by Crippen LogP contribution is -2.50. The molecule has 0 aromatic carbocycles. The van der Waals surface area contributed by atoms with Crippen molar-refractivity contribution in [2.75, 3.05) is 12.0 Å². The van der Waals surface area contributed by atoms with Gasteiger partial charge in [0.2, 0.25) is 5.91 Å². The van der Waals surface area contributed by atoms with Crippen LogP contribution in [0.4, 0.5) is 0 Å². The molecule has 0 heterocycles. The summed E-state index contributed by atoms with van der Waals surface area (Å²) in [5.41, 5.74) is 0. The number of carbonyl (C=O) groups is 1. The van der Waals surface area contributed by atoms with Crippen molar-refractivity contribution in [1.29, 1.82) is 0 Å². The fourth-order valence-corrected chi connectivity index (χ4v) is 1.38. The number of rotatable bonds is 3. The third-order valence-electron chi connectivity index (χ3n) is 1.86. The molecule has 0 aliphatic heterocycles. The van der Waals surface area contributed by atoms with Gasteiger partial charge in [-0.15, -0.1) is 0 Å². The minimum atomic E-state index is -0.305. The first kappa shape index (κ1) is 8.87. The molecule has 1 aliphatic carbocycles. The molecule has 1 rings (SSSR count). The summed E-state index contributed by atoms with van der Waals surface area (Å²) in [6.07, 6.45) is 3.32. The molecular formula is C7H13NO2S. The van der Waals surface area contributed by atoms with Gasteiger partial charge in [-0.2, -0.15) is 11.8 Å². The molecule has 2 atom stereocenters. The summed E-state index contributed by atoms with van der Waals surface area (Å²) in [5, 5.41) is 11.9. The second-order valence-electron chi connectivity index (χ2n) is 2.75. The van der Waals surface area contributed by atoms with Crippen LogP contribution >= 0.6 is 11.8 Å². The van der Waals surface area contributed by atoms with Crippen molar-refractivity contribution in [3.63, 3.8) is 0 Å². The minimum Gasteiger partial charge on any atom is -0.391 e. The van der Waals surface area contributed by atoms with Crippen molar-refractivity contribution in [3.05, 3.63) is 0 Å². The predicted molar refractivity (Wildman–Crippen MR) is 45.6 cm³/mol. The van der Waals surface area contributed by atoms with Crippen molar-refractivity contribution >= 4 is 17.7 Å². The Morgan fingerprint density at radius 2 is 2.45 bits per heavy atom. The number of carbonyl (C=O) groups excluding carboxylic acids is 1. The van der Waals surface area contributed by atoms with E-state index in [0.29, 0.717) is 5.75 Å². The maximum Gasteiger partial charge on any atom is 0.230 e. The first-order valence-electron chi connectivity index (χ1n) is 3.70. The Hall–Kier alpha value is -0.220. The summed E-state index contributed by atoms with van der Waals surface area (Å²) in [6.45, 7) is 0. The fourth-order valence-electron chi connectivity index (χ4n) is 1.03. The van der Waals surface area contributed by atoms with E-state index in [9.17, 15) is 4.79 Å². The highest BCUT2D eigenvalue weighted by atomic mass is 32.2. The largest absolute Gasteiger partial charge is 0.391 e. The molecule has 0 unspecified atom stereocenters. The van der Waals surface area contributed by atoms with Gasteiger partial charge in [0.15, 0.2) is 0 Å². The lowest BCUT2D eigenvalue weighted by atomic mass is 9.89. The summed E-state index contributed by atoms with van der Waals surface area (Å²) in [5.74, 6) is 0.518. The maximum atomic E-state index is 10.9. The number of thioether (sulfide) groups is 1. The minimum absolute atomic E-state index is 0.0228. The lowest BCUT2D eigenvalue weighted by Gasteiger charge is -2.32. The zero-order valence-corrected chi connectivity index (χ0v) is 7.36.